The molecule has 2 unspecified atom stereocenters. The first-order valence-corrected chi connectivity index (χ1v) is 36.1. The van der Waals surface area contributed by atoms with Crippen molar-refractivity contribution in [3.63, 3.8) is 0 Å². The van der Waals surface area contributed by atoms with Gasteiger partial charge in [-0.05, 0) is 57.8 Å². The zero-order valence-corrected chi connectivity index (χ0v) is 53.6. The van der Waals surface area contributed by atoms with Gasteiger partial charge in [-0.2, -0.15) is 0 Å². The van der Waals surface area contributed by atoms with Gasteiger partial charge >= 0.3 is 5.97 Å². The highest BCUT2D eigenvalue weighted by Gasteiger charge is 2.18. The molecule has 0 aliphatic carbocycles. The lowest BCUT2D eigenvalue weighted by Gasteiger charge is -2.20. The number of aliphatic hydroxyl groups is 2. The van der Waals surface area contributed by atoms with E-state index in [4.69, 9.17) is 4.74 Å². The number of nitrogens with one attached hydrogen (secondary N) is 1. The van der Waals surface area contributed by atoms with E-state index in [2.05, 4.69) is 31.3 Å². The summed E-state index contributed by atoms with van der Waals surface area (Å²) < 4.78 is 5.48. The third-order valence-corrected chi connectivity index (χ3v) is 17.0. The molecule has 0 saturated heterocycles. The number of unbranched alkanes of at least 4 members (excludes halogenated alkanes) is 55. The van der Waals surface area contributed by atoms with E-state index in [-0.39, 0.29) is 18.5 Å². The minimum absolute atomic E-state index is 0.0182. The summed E-state index contributed by atoms with van der Waals surface area (Å²) in [5, 5.41) is 23.2. The van der Waals surface area contributed by atoms with Crippen molar-refractivity contribution in [2.24, 2.45) is 0 Å². The molecule has 0 bridgehead atoms. The highest BCUT2D eigenvalue weighted by molar-refractivity contribution is 5.76. The van der Waals surface area contributed by atoms with E-state index in [1.807, 2.05) is 6.08 Å². The summed E-state index contributed by atoms with van der Waals surface area (Å²) in [7, 11) is 0. The second kappa shape index (κ2) is 68.8. The summed E-state index contributed by atoms with van der Waals surface area (Å²) in [6.07, 6.45) is 87.0. The molecule has 0 fully saturated rings. The largest absolute Gasteiger partial charge is 0.466 e. The number of carbonyl (C=O) groups excluding carboxylic acids is 2. The van der Waals surface area contributed by atoms with E-state index in [0.29, 0.717) is 19.4 Å². The molecule has 0 aromatic carbocycles. The smallest absolute Gasteiger partial charge is 0.305 e. The van der Waals surface area contributed by atoms with E-state index in [9.17, 15) is 19.8 Å². The fourth-order valence-corrected chi connectivity index (χ4v) is 11.5. The van der Waals surface area contributed by atoms with Gasteiger partial charge in [0.25, 0.3) is 0 Å². The molecule has 0 aliphatic heterocycles. The molecule has 6 nitrogen and oxygen atoms in total. The number of ether oxygens (including phenoxy) is 1. The maximum absolute atomic E-state index is 12.5. The number of hydrogen-bond donors (Lipinski definition) is 3. The number of rotatable bonds is 68. The first-order chi connectivity index (χ1) is 39.0. The van der Waals surface area contributed by atoms with Crippen LogP contribution in [0.25, 0.3) is 0 Å². The maximum Gasteiger partial charge on any atom is 0.305 e. The Bertz CT molecular complexity index is 1230. The lowest BCUT2D eigenvalue weighted by atomic mass is 10.0. The van der Waals surface area contributed by atoms with Crippen LogP contribution in [0.1, 0.15) is 406 Å². The van der Waals surface area contributed by atoms with Crippen molar-refractivity contribution in [1.29, 1.82) is 0 Å². The summed E-state index contributed by atoms with van der Waals surface area (Å²) in [6, 6.07) is -0.626. The number of carbonyl (C=O) groups is 2. The monoisotopic (exact) mass is 1110 g/mol. The van der Waals surface area contributed by atoms with Crippen LogP contribution in [0.5, 0.6) is 0 Å². The zero-order chi connectivity index (χ0) is 57.1. The molecular formula is C73H141NO5. The standard InChI is InChI=1S/C73H141NO5/c1-3-5-7-9-11-13-15-16-17-18-33-36-39-42-46-49-53-57-61-65-71(76)70(69-75)74-72(77)66-62-58-54-50-47-43-40-37-34-31-29-27-25-23-21-19-20-22-24-26-28-30-32-35-38-41-44-48-52-56-60-64-68-79-73(78)67-63-59-55-51-45-14-12-10-8-6-4-2/h22,24,61,65,70-71,75-76H,3-21,23,25-60,62-64,66-69H2,1-2H3,(H,74,77)/b24-22-,65-61+. The summed E-state index contributed by atoms with van der Waals surface area (Å²) in [5.74, 6) is -0.0432. The summed E-state index contributed by atoms with van der Waals surface area (Å²) in [5.41, 5.74) is 0. The van der Waals surface area contributed by atoms with E-state index in [1.165, 1.54) is 340 Å². The van der Waals surface area contributed by atoms with Crippen molar-refractivity contribution >= 4 is 11.9 Å². The SMILES string of the molecule is CCCCCCCCCCCCCCCCCCC/C=C/C(O)C(CO)NC(=O)CCCCCCCCCCCCCCCCCC/C=C\CCCCCCCCCCCCCCOC(=O)CCCCCCCCCCCCC. The third-order valence-electron chi connectivity index (χ3n) is 17.0. The Balaban J connectivity index is 3.38. The molecule has 0 aromatic rings. The van der Waals surface area contributed by atoms with Gasteiger partial charge in [-0.15, -0.1) is 0 Å². The molecule has 3 N–H and O–H groups in total. The molecule has 0 heterocycles. The van der Waals surface area contributed by atoms with Gasteiger partial charge in [-0.25, -0.2) is 0 Å². The molecular weight excluding hydrogens is 971 g/mol. The van der Waals surface area contributed by atoms with Crippen molar-refractivity contribution in [2.75, 3.05) is 13.2 Å². The second-order valence-electron chi connectivity index (χ2n) is 24.9. The fourth-order valence-electron chi connectivity index (χ4n) is 11.5. The quantitative estimate of drug-likeness (QED) is 0.0320. The number of aliphatic hydroxyl groups excluding tert-OH is 2. The van der Waals surface area contributed by atoms with Crippen LogP contribution in [0.2, 0.25) is 0 Å². The van der Waals surface area contributed by atoms with Crippen molar-refractivity contribution in [3.05, 3.63) is 24.3 Å². The zero-order valence-electron chi connectivity index (χ0n) is 53.6. The van der Waals surface area contributed by atoms with Crippen LogP contribution >= 0.6 is 0 Å². The minimum atomic E-state index is -0.843. The van der Waals surface area contributed by atoms with Crippen LogP contribution in [0, 0.1) is 0 Å². The van der Waals surface area contributed by atoms with Gasteiger partial charge in [-0.3, -0.25) is 9.59 Å². The number of esters is 1. The molecule has 0 rings (SSSR count). The lowest BCUT2D eigenvalue weighted by Crippen LogP contribution is -2.45. The normalized spacial score (nSPS) is 12.6. The fraction of sp³-hybridized carbons (Fsp3) is 0.918. The molecule has 0 radical (unpaired) electrons. The molecule has 0 spiro atoms. The van der Waals surface area contributed by atoms with Crippen LogP contribution in [0.4, 0.5) is 0 Å². The highest BCUT2D eigenvalue weighted by atomic mass is 16.5. The van der Waals surface area contributed by atoms with Gasteiger partial charge < -0.3 is 20.3 Å². The van der Waals surface area contributed by atoms with E-state index >= 15 is 0 Å². The van der Waals surface area contributed by atoms with Crippen molar-refractivity contribution in [2.45, 2.75) is 418 Å². The van der Waals surface area contributed by atoms with Crippen molar-refractivity contribution in [1.82, 2.24) is 5.32 Å². The Labute approximate surface area is 494 Å². The van der Waals surface area contributed by atoms with Gasteiger partial charge in [0.2, 0.25) is 5.91 Å². The number of hydrogen-bond acceptors (Lipinski definition) is 5. The molecule has 6 heteroatoms. The van der Waals surface area contributed by atoms with E-state index in [0.717, 1.165) is 38.5 Å². The Morgan fingerprint density at radius 2 is 0.595 bits per heavy atom. The molecule has 468 valence electrons. The second-order valence-corrected chi connectivity index (χ2v) is 24.9. The third kappa shape index (κ3) is 65.4. The Morgan fingerprint density at radius 1 is 0.342 bits per heavy atom. The van der Waals surface area contributed by atoms with Crippen LogP contribution < -0.4 is 5.32 Å². The van der Waals surface area contributed by atoms with Crippen LogP contribution in [0.3, 0.4) is 0 Å². The van der Waals surface area contributed by atoms with Gasteiger partial charge in [0.1, 0.15) is 0 Å². The molecule has 0 aromatic heterocycles. The average molecular weight is 1110 g/mol. The van der Waals surface area contributed by atoms with Crippen LogP contribution in [0.15, 0.2) is 24.3 Å². The maximum atomic E-state index is 12.5. The van der Waals surface area contributed by atoms with Gasteiger partial charge in [0.05, 0.1) is 25.4 Å². The summed E-state index contributed by atoms with van der Waals surface area (Å²) in [4.78, 5) is 24.5. The first kappa shape index (κ1) is 77.3. The summed E-state index contributed by atoms with van der Waals surface area (Å²) in [6.45, 7) is 4.94. The lowest BCUT2D eigenvalue weighted by molar-refractivity contribution is -0.143. The molecule has 2 atom stereocenters. The molecule has 0 saturated carbocycles. The van der Waals surface area contributed by atoms with Crippen molar-refractivity contribution < 1.29 is 24.5 Å². The Morgan fingerprint density at radius 3 is 0.899 bits per heavy atom. The average Bonchev–Trinajstić information content (AvgIpc) is 3.45. The Hall–Kier alpha value is -1.66. The summed E-state index contributed by atoms with van der Waals surface area (Å²) >= 11 is 0. The van der Waals surface area contributed by atoms with Crippen LogP contribution in [-0.2, 0) is 14.3 Å². The number of amides is 1. The molecule has 1 amide bonds. The predicted octanol–water partition coefficient (Wildman–Crippen LogP) is 23.3. The Kier molecular flexibility index (Phi) is 67.4. The van der Waals surface area contributed by atoms with E-state index < -0.39 is 12.1 Å². The predicted molar refractivity (Wildman–Crippen MR) is 347 cm³/mol. The van der Waals surface area contributed by atoms with Gasteiger partial charge in [0, 0.05) is 12.8 Å². The van der Waals surface area contributed by atoms with E-state index in [1.54, 1.807) is 6.08 Å². The molecule has 0 aliphatic rings. The van der Waals surface area contributed by atoms with Crippen molar-refractivity contribution in [3.8, 4) is 0 Å². The van der Waals surface area contributed by atoms with Crippen LogP contribution in [-0.4, -0.2) is 47.4 Å². The van der Waals surface area contributed by atoms with Gasteiger partial charge in [0.15, 0.2) is 0 Å². The number of allylic oxidation sites excluding steroid dienone is 3. The molecule has 79 heavy (non-hydrogen) atoms. The topological polar surface area (TPSA) is 95.9 Å². The first-order valence-electron chi connectivity index (χ1n) is 36.1. The highest BCUT2D eigenvalue weighted by Crippen LogP contribution is 2.19. The van der Waals surface area contributed by atoms with Gasteiger partial charge in [-0.1, -0.05) is 359 Å². The minimum Gasteiger partial charge on any atom is -0.466 e.